The Morgan fingerprint density at radius 3 is 2.53 bits per heavy atom. The number of aryl methyl sites for hydroxylation is 1. The molecule has 0 aliphatic carbocycles. The summed E-state index contributed by atoms with van der Waals surface area (Å²) in [5.41, 5.74) is 2.71. The SMILES string of the molecule is CCN(C(=O)COC(=O)CCc1cnn(-c2ccccc2)c1)c1cccc2ccccc12. The molecule has 6 nitrogen and oxygen atoms in total. The lowest BCUT2D eigenvalue weighted by atomic mass is 10.1. The molecule has 0 spiro atoms. The lowest BCUT2D eigenvalue weighted by Gasteiger charge is -2.22. The summed E-state index contributed by atoms with van der Waals surface area (Å²) in [6, 6.07) is 23.5. The van der Waals surface area contributed by atoms with Gasteiger partial charge in [0.1, 0.15) is 0 Å². The molecule has 0 aliphatic heterocycles. The van der Waals surface area contributed by atoms with Crippen molar-refractivity contribution in [2.75, 3.05) is 18.1 Å². The Bertz CT molecular complexity index is 1210. The van der Waals surface area contributed by atoms with Gasteiger partial charge in [0.15, 0.2) is 6.61 Å². The summed E-state index contributed by atoms with van der Waals surface area (Å²) in [6.07, 6.45) is 4.33. The molecule has 4 aromatic rings. The molecule has 0 saturated carbocycles. The zero-order valence-corrected chi connectivity index (χ0v) is 18.0. The van der Waals surface area contributed by atoms with Crippen LogP contribution < -0.4 is 4.90 Å². The number of amides is 1. The van der Waals surface area contributed by atoms with E-state index in [9.17, 15) is 9.59 Å². The van der Waals surface area contributed by atoms with Gasteiger partial charge in [-0.3, -0.25) is 9.59 Å². The minimum absolute atomic E-state index is 0.189. The van der Waals surface area contributed by atoms with E-state index in [1.807, 2.05) is 85.9 Å². The fourth-order valence-corrected chi connectivity index (χ4v) is 3.67. The number of fused-ring (bicyclic) bond motifs is 1. The number of anilines is 1. The molecular formula is C26H25N3O3. The van der Waals surface area contributed by atoms with Gasteiger partial charge in [-0.2, -0.15) is 5.10 Å². The van der Waals surface area contributed by atoms with E-state index in [1.54, 1.807) is 15.8 Å². The van der Waals surface area contributed by atoms with Gasteiger partial charge in [-0.05, 0) is 42.5 Å². The third-order valence-corrected chi connectivity index (χ3v) is 5.31. The second-order valence-corrected chi connectivity index (χ2v) is 7.43. The zero-order chi connectivity index (χ0) is 22.3. The molecule has 1 heterocycles. The van der Waals surface area contributed by atoms with E-state index in [1.165, 1.54) is 0 Å². The standard InChI is InChI=1S/C26H25N3O3/c1-2-28(24-14-8-10-21-9-6-7-13-23(21)24)25(30)19-32-26(31)16-15-20-17-27-29(18-20)22-11-4-3-5-12-22/h3-14,17-18H,2,15-16,19H2,1H3. The molecule has 0 aliphatic rings. The first-order chi connectivity index (χ1) is 15.7. The predicted octanol–water partition coefficient (Wildman–Crippen LogP) is 4.55. The molecule has 0 fully saturated rings. The molecule has 32 heavy (non-hydrogen) atoms. The highest BCUT2D eigenvalue weighted by Crippen LogP contribution is 2.26. The van der Waals surface area contributed by atoms with E-state index in [4.69, 9.17) is 4.74 Å². The van der Waals surface area contributed by atoms with Crippen LogP contribution in [-0.2, 0) is 20.7 Å². The molecule has 0 radical (unpaired) electrons. The number of hydrogen-bond acceptors (Lipinski definition) is 4. The molecule has 1 aromatic heterocycles. The van der Waals surface area contributed by atoms with Crippen molar-refractivity contribution in [3.63, 3.8) is 0 Å². The van der Waals surface area contributed by atoms with Crippen molar-refractivity contribution >= 4 is 28.3 Å². The van der Waals surface area contributed by atoms with Gasteiger partial charge in [-0.1, -0.05) is 54.6 Å². The van der Waals surface area contributed by atoms with Crippen LogP contribution >= 0.6 is 0 Å². The monoisotopic (exact) mass is 427 g/mol. The van der Waals surface area contributed by atoms with Crippen molar-refractivity contribution in [3.8, 4) is 5.69 Å². The number of carbonyl (C=O) groups is 2. The summed E-state index contributed by atoms with van der Waals surface area (Å²) in [5, 5.41) is 6.39. The van der Waals surface area contributed by atoms with Crippen LogP contribution in [0.1, 0.15) is 18.9 Å². The van der Waals surface area contributed by atoms with E-state index < -0.39 is 5.97 Å². The van der Waals surface area contributed by atoms with Gasteiger partial charge in [-0.25, -0.2) is 4.68 Å². The first kappa shape index (κ1) is 21.3. The first-order valence-electron chi connectivity index (χ1n) is 10.7. The van der Waals surface area contributed by atoms with Crippen molar-refractivity contribution in [1.82, 2.24) is 9.78 Å². The average molecular weight is 428 g/mol. The highest BCUT2D eigenvalue weighted by Gasteiger charge is 2.18. The van der Waals surface area contributed by atoms with Crippen molar-refractivity contribution in [2.45, 2.75) is 19.8 Å². The summed E-state index contributed by atoms with van der Waals surface area (Å²) in [7, 11) is 0. The number of aromatic nitrogens is 2. The minimum atomic E-state index is -0.403. The van der Waals surface area contributed by atoms with E-state index >= 15 is 0 Å². The topological polar surface area (TPSA) is 64.4 Å². The summed E-state index contributed by atoms with van der Waals surface area (Å²) < 4.78 is 7.05. The number of nitrogens with zero attached hydrogens (tertiary/aromatic N) is 3. The van der Waals surface area contributed by atoms with Crippen molar-refractivity contribution < 1.29 is 14.3 Å². The predicted molar refractivity (Wildman–Crippen MR) is 125 cm³/mol. The molecule has 0 N–H and O–H groups in total. The second kappa shape index (κ2) is 9.92. The Kier molecular flexibility index (Phi) is 6.60. The highest BCUT2D eigenvalue weighted by atomic mass is 16.5. The number of para-hydroxylation sites is 1. The molecule has 3 aromatic carbocycles. The van der Waals surface area contributed by atoms with Gasteiger partial charge in [0.25, 0.3) is 5.91 Å². The Labute approximate surface area is 187 Å². The van der Waals surface area contributed by atoms with Crippen LogP contribution in [0.5, 0.6) is 0 Å². The molecule has 0 unspecified atom stereocenters. The van der Waals surface area contributed by atoms with E-state index in [-0.39, 0.29) is 18.9 Å². The van der Waals surface area contributed by atoms with Crippen molar-refractivity contribution in [3.05, 3.63) is 90.8 Å². The largest absolute Gasteiger partial charge is 0.456 e. The lowest BCUT2D eigenvalue weighted by Crippen LogP contribution is -2.34. The normalized spacial score (nSPS) is 10.8. The number of likely N-dealkylation sites (N-methyl/N-ethyl adjacent to an activating group) is 1. The van der Waals surface area contributed by atoms with Crippen LogP contribution in [0.4, 0.5) is 5.69 Å². The molecule has 0 bridgehead atoms. The smallest absolute Gasteiger partial charge is 0.306 e. The third-order valence-electron chi connectivity index (χ3n) is 5.31. The number of benzene rings is 3. The third kappa shape index (κ3) is 4.86. The van der Waals surface area contributed by atoms with Crippen LogP contribution in [-0.4, -0.2) is 34.8 Å². The maximum atomic E-state index is 12.8. The van der Waals surface area contributed by atoms with Gasteiger partial charge >= 0.3 is 5.97 Å². The van der Waals surface area contributed by atoms with Gasteiger partial charge in [0.2, 0.25) is 0 Å². The fourth-order valence-electron chi connectivity index (χ4n) is 3.67. The summed E-state index contributed by atoms with van der Waals surface area (Å²) in [6.45, 7) is 2.12. The number of ether oxygens (including phenoxy) is 1. The van der Waals surface area contributed by atoms with Crippen LogP contribution in [0.25, 0.3) is 16.5 Å². The number of hydrogen-bond donors (Lipinski definition) is 0. The van der Waals surface area contributed by atoms with E-state index in [2.05, 4.69) is 5.10 Å². The quantitative estimate of drug-likeness (QED) is 0.387. The van der Waals surface area contributed by atoms with Crippen LogP contribution in [0.3, 0.4) is 0 Å². The number of esters is 1. The van der Waals surface area contributed by atoms with Crippen molar-refractivity contribution in [1.29, 1.82) is 0 Å². The second-order valence-electron chi connectivity index (χ2n) is 7.43. The fraction of sp³-hybridized carbons (Fsp3) is 0.192. The molecule has 1 amide bonds. The van der Waals surface area contributed by atoms with E-state index in [0.29, 0.717) is 13.0 Å². The number of carbonyl (C=O) groups excluding carboxylic acids is 2. The Morgan fingerprint density at radius 1 is 0.969 bits per heavy atom. The van der Waals surface area contributed by atoms with Gasteiger partial charge in [0.05, 0.1) is 17.6 Å². The molecule has 4 rings (SSSR count). The summed E-state index contributed by atoms with van der Waals surface area (Å²) >= 11 is 0. The number of rotatable bonds is 8. The maximum absolute atomic E-state index is 12.8. The Morgan fingerprint density at radius 2 is 1.72 bits per heavy atom. The van der Waals surface area contributed by atoms with Gasteiger partial charge < -0.3 is 9.64 Å². The van der Waals surface area contributed by atoms with Crippen LogP contribution in [0.15, 0.2) is 85.2 Å². The molecule has 6 heteroatoms. The molecule has 162 valence electrons. The van der Waals surface area contributed by atoms with Crippen molar-refractivity contribution in [2.24, 2.45) is 0 Å². The Balaban J connectivity index is 1.32. The molecule has 0 saturated heterocycles. The van der Waals surface area contributed by atoms with Gasteiger partial charge in [-0.15, -0.1) is 0 Å². The van der Waals surface area contributed by atoms with E-state index in [0.717, 1.165) is 27.7 Å². The first-order valence-corrected chi connectivity index (χ1v) is 10.7. The van der Waals surface area contributed by atoms with Gasteiger partial charge in [0, 0.05) is 24.5 Å². The maximum Gasteiger partial charge on any atom is 0.306 e. The summed E-state index contributed by atoms with van der Waals surface area (Å²) in [4.78, 5) is 26.7. The summed E-state index contributed by atoms with van der Waals surface area (Å²) in [5.74, 6) is -0.645. The van der Waals surface area contributed by atoms with Crippen LogP contribution in [0, 0.1) is 0 Å². The zero-order valence-electron chi connectivity index (χ0n) is 18.0. The molecular weight excluding hydrogens is 402 g/mol. The lowest BCUT2D eigenvalue weighted by molar-refractivity contribution is -0.147. The average Bonchev–Trinajstić information content (AvgIpc) is 3.32. The van der Waals surface area contributed by atoms with Crippen LogP contribution in [0.2, 0.25) is 0 Å². The minimum Gasteiger partial charge on any atom is -0.456 e. The molecule has 0 atom stereocenters. The highest BCUT2D eigenvalue weighted by molar-refractivity contribution is 6.04. The Hall–Kier alpha value is -3.93.